The van der Waals surface area contributed by atoms with Crippen LogP contribution in [0.15, 0.2) is 24.3 Å². The van der Waals surface area contributed by atoms with Crippen LogP contribution in [0.2, 0.25) is 0 Å². The molecule has 1 nitrogen and oxygen atoms in total. The van der Waals surface area contributed by atoms with E-state index in [4.69, 9.17) is 0 Å². The maximum absolute atomic E-state index is 11.6. The van der Waals surface area contributed by atoms with E-state index in [0.717, 1.165) is 24.2 Å². The van der Waals surface area contributed by atoms with Gasteiger partial charge in [0, 0.05) is 11.5 Å². The Morgan fingerprint density at radius 2 is 2.62 bits per heavy atom. The zero-order valence-electron chi connectivity index (χ0n) is 8.08. The number of allylic oxidation sites excluding steroid dienone is 2. The number of thioether (sulfide) groups is 1. The molecule has 72 valence electrons. The molecule has 0 heterocycles. The highest BCUT2D eigenvalue weighted by Gasteiger charge is 2.20. The molecule has 1 unspecified atom stereocenters. The molecule has 0 radical (unpaired) electrons. The van der Waals surface area contributed by atoms with Gasteiger partial charge in [-0.2, -0.15) is 0 Å². The van der Waals surface area contributed by atoms with Crippen molar-refractivity contribution in [3.8, 4) is 0 Å². The second-order valence-electron chi connectivity index (χ2n) is 3.15. The Morgan fingerprint density at radius 1 is 1.85 bits per heavy atom. The van der Waals surface area contributed by atoms with Gasteiger partial charge in [0.1, 0.15) is 0 Å². The molecule has 0 spiro atoms. The average Bonchev–Trinajstić information content (AvgIpc) is 2.18. The SMILES string of the molecule is C=CC1CCCC=C1C(=O)SCC. The van der Waals surface area contributed by atoms with Crippen LogP contribution >= 0.6 is 11.8 Å². The summed E-state index contributed by atoms with van der Waals surface area (Å²) in [5.41, 5.74) is 0.980. The third kappa shape index (κ3) is 2.73. The minimum absolute atomic E-state index is 0.243. The van der Waals surface area contributed by atoms with E-state index in [1.807, 2.05) is 13.0 Å². The molecular formula is C11H16OS. The highest BCUT2D eigenvalue weighted by molar-refractivity contribution is 8.14. The summed E-state index contributed by atoms with van der Waals surface area (Å²) in [7, 11) is 0. The topological polar surface area (TPSA) is 17.1 Å². The van der Waals surface area contributed by atoms with Gasteiger partial charge in [-0.3, -0.25) is 4.79 Å². The molecule has 0 aliphatic heterocycles. The molecular weight excluding hydrogens is 180 g/mol. The summed E-state index contributed by atoms with van der Waals surface area (Å²) in [5, 5.41) is 0.243. The highest BCUT2D eigenvalue weighted by atomic mass is 32.2. The Hall–Kier alpha value is -0.500. The fraction of sp³-hybridized carbons (Fsp3) is 0.545. The van der Waals surface area contributed by atoms with Crippen LogP contribution in [0.5, 0.6) is 0 Å². The van der Waals surface area contributed by atoms with Gasteiger partial charge in [-0.15, -0.1) is 6.58 Å². The molecule has 1 atom stereocenters. The van der Waals surface area contributed by atoms with Crippen molar-refractivity contribution in [3.05, 3.63) is 24.3 Å². The maximum atomic E-state index is 11.6. The quantitative estimate of drug-likeness (QED) is 0.645. The lowest BCUT2D eigenvalue weighted by atomic mass is 9.88. The maximum Gasteiger partial charge on any atom is 0.215 e. The van der Waals surface area contributed by atoms with Crippen LogP contribution < -0.4 is 0 Å². The lowest BCUT2D eigenvalue weighted by molar-refractivity contribution is -0.108. The second-order valence-corrected chi connectivity index (χ2v) is 4.39. The zero-order valence-corrected chi connectivity index (χ0v) is 8.90. The summed E-state index contributed by atoms with van der Waals surface area (Å²) < 4.78 is 0. The second kappa shape index (κ2) is 5.28. The van der Waals surface area contributed by atoms with Crippen LogP contribution in [0.4, 0.5) is 0 Å². The van der Waals surface area contributed by atoms with Crippen molar-refractivity contribution in [1.82, 2.24) is 0 Å². The Kier molecular flexibility index (Phi) is 4.29. The van der Waals surface area contributed by atoms with Crippen LogP contribution in [0, 0.1) is 5.92 Å². The Morgan fingerprint density at radius 3 is 3.23 bits per heavy atom. The van der Waals surface area contributed by atoms with Gasteiger partial charge >= 0.3 is 0 Å². The first kappa shape index (κ1) is 10.6. The number of hydrogen-bond donors (Lipinski definition) is 0. The van der Waals surface area contributed by atoms with Gasteiger partial charge in [0.15, 0.2) is 0 Å². The summed E-state index contributed by atoms with van der Waals surface area (Å²) in [5.74, 6) is 1.17. The number of carbonyl (C=O) groups is 1. The van der Waals surface area contributed by atoms with Crippen LogP contribution in [0.1, 0.15) is 26.2 Å². The van der Waals surface area contributed by atoms with Gasteiger partial charge in [0.05, 0.1) is 0 Å². The van der Waals surface area contributed by atoms with Crippen molar-refractivity contribution >= 4 is 16.9 Å². The summed E-state index contributed by atoms with van der Waals surface area (Å²) in [4.78, 5) is 11.6. The van der Waals surface area contributed by atoms with Crippen LogP contribution in [0.25, 0.3) is 0 Å². The van der Waals surface area contributed by atoms with Crippen molar-refractivity contribution in [2.45, 2.75) is 26.2 Å². The molecule has 0 saturated carbocycles. The summed E-state index contributed by atoms with van der Waals surface area (Å²) in [6.45, 7) is 5.78. The predicted octanol–water partition coefficient (Wildman–Crippen LogP) is 3.18. The molecule has 0 N–H and O–H groups in total. The fourth-order valence-electron chi connectivity index (χ4n) is 1.60. The third-order valence-electron chi connectivity index (χ3n) is 2.28. The smallest absolute Gasteiger partial charge is 0.215 e. The molecule has 13 heavy (non-hydrogen) atoms. The van der Waals surface area contributed by atoms with Gasteiger partial charge in [-0.05, 0) is 25.0 Å². The van der Waals surface area contributed by atoms with Gasteiger partial charge in [0.2, 0.25) is 5.12 Å². The number of carbonyl (C=O) groups excluding carboxylic acids is 1. The van der Waals surface area contributed by atoms with E-state index in [2.05, 4.69) is 12.7 Å². The molecule has 0 aromatic heterocycles. The minimum atomic E-state index is 0.243. The van der Waals surface area contributed by atoms with Crippen molar-refractivity contribution in [2.24, 2.45) is 5.92 Å². The monoisotopic (exact) mass is 196 g/mol. The van der Waals surface area contributed by atoms with Crippen LogP contribution in [-0.4, -0.2) is 10.9 Å². The summed E-state index contributed by atoms with van der Waals surface area (Å²) in [6, 6.07) is 0. The Balaban J connectivity index is 2.68. The van der Waals surface area contributed by atoms with Crippen molar-refractivity contribution < 1.29 is 4.79 Å². The molecule has 2 heteroatoms. The Bertz CT molecular complexity index is 230. The molecule has 0 amide bonds. The van der Waals surface area contributed by atoms with Crippen molar-refractivity contribution in [3.63, 3.8) is 0 Å². The molecule has 1 aliphatic rings. The molecule has 0 bridgehead atoms. The lowest BCUT2D eigenvalue weighted by Gasteiger charge is -2.19. The van der Waals surface area contributed by atoms with Crippen LogP contribution in [0.3, 0.4) is 0 Å². The standard InChI is InChI=1S/C11H16OS/c1-3-9-7-5-6-8-10(9)11(12)13-4-2/h3,8-9H,1,4-7H2,2H3. The van der Waals surface area contributed by atoms with E-state index in [-0.39, 0.29) is 5.12 Å². The number of hydrogen-bond acceptors (Lipinski definition) is 2. The van der Waals surface area contributed by atoms with E-state index in [1.165, 1.54) is 18.2 Å². The first-order valence-electron chi connectivity index (χ1n) is 4.79. The summed E-state index contributed by atoms with van der Waals surface area (Å²) >= 11 is 1.40. The Labute approximate surface area is 84.3 Å². The molecule has 0 aromatic carbocycles. The summed E-state index contributed by atoms with van der Waals surface area (Å²) in [6.07, 6.45) is 7.31. The first-order chi connectivity index (χ1) is 6.29. The molecule has 1 rings (SSSR count). The van der Waals surface area contributed by atoms with Gasteiger partial charge in [-0.1, -0.05) is 30.8 Å². The van der Waals surface area contributed by atoms with Gasteiger partial charge in [0.25, 0.3) is 0 Å². The van der Waals surface area contributed by atoms with Crippen molar-refractivity contribution in [1.29, 1.82) is 0 Å². The van der Waals surface area contributed by atoms with Gasteiger partial charge in [-0.25, -0.2) is 0 Å². The van der Waals surface area contributed by atoms with Crippen molar-refractivity contribution in [2.75, 3.05) is 5.75 Å². The highest BCUT2D eigenvalue weighted by Crippen LogP contribution is 2.29. The van der Waals surface area contributed by atoms with E-state index in [0.29, 0.717) is 5.92 Å². The third-order valence-corrected chi connectivity index (χ3v) is 3.07. The van der Waals surface area contributed by atoms with E-state index in [1.54, 1.807) is 0 Å². The largest absolute Gasteiger partial charge is 0.282 e. The predicted molar refractivity (Wildman–Crippen MR) is 58.8 cm³/mol. The molecule has 0 saturated heterocycles. The average molecular weight is 196 g/mol. The lowest BCUT2D eigenvalue weighted by Crippen LogP contribution is -2.12. The minimum Gasteiger partial charge on any atom is -0.282 e. The molecule has 0 fully saturated rings. The van der Waals surface area contributed by atoms with E-state index in [9.17, 15) is 4.79 Å². The zero-order chi connectivity index (χ0) is 9.68. The first-order valence-corrected chi connectivity index (χ1v) is 5.78. The molecule has 0 aromatic rings. The normalized spacial score (nSPS) is 22.2. The van der Waals surface area contributed by atoms with E-state index < -0.39 is 0 Å². The van der Waals surface area contributed by atoms with Gasteiger partial charge < -0.3 is 0 Å². The van der Waals surface area contributed by atoms with Crippen LogP contribution in [-0.2, 0) is 4.79 Å². The fourth-order valence-corrected chi connectivity index (χ4v) is 2.26. The van der Waals surface area contributed by atoms with E-state index >= 15 is 0 Å². The molecule has 1 aliphatic carbocycles. The number of rotatable bonds is 3.